The van der Waals surface area contributed by atoms with Gasteiger partial charge in [0.25, 0.3) is 0 Å². The normalized spacial score (nSPS) is 17.4. The van der Waals surface area contributed by atoms with Crippen LogP contribution in [0, 0.1) is 13.8 Å². The van der Waals surface area contributed by atoms with E-state index >= 15 is 0 Å². The van der Waals surface area contributed by atoms with Gasteiger partial charge in [0.05, 0.1) is 11.2 Å². The Labute approximate surface area is 145 Å². The summed E-state index contributed by atoms with van der Waals surface area (Å²) in [5.41, 5.74) is 3.58. The van der Waals surface area contributed by atoms with Gasteiger partial charge in [-0.25, -0.2) is 0 Å². The number of nitrogens with zero attached hydrogens (tertiary/aromatic N) is 5. The van der Waals surface area contributed by atoms with Gasteiger partial charge in [-0.05, 0) is 67.4 Å². The van der Waals surface area contributed by atoms with Crippen LogP contribution in [0.15, 0.2) is 18.2 Å². The van der Waals surface area contributed by atoms with Crippen LogP contribution in [0.4, 0.5) is 0 Å². The molecule has 5 nitrogen and oxygen atoms in total. The maximum Gasteiger partial charge on any atom is 0.176 e. The third kappa shape index (κ3) is 2.75. The summed E-state index contributed by atoms with van der Waals surface area (Å²) in [5.74, 6) is 1.01. The number of aryl methyl sites for hydroxylation is 1. The minimum absolute atomic E-state index is 0.0402. The minimum atomic E-state index is -0.0402. The molecule has 0 spiro atoms. The van der Waals surface area contributed by atoms with Gasteiger partial charge in [-0.1, -0.05) is 45.2 Å². The Kier molecular flexibility index (Phi) is 4.99. The lowest BCUT2D eigenvalue weighted by atomic mass is 9.79. The molecule has 1 aliphatic rings. The van der Waals surface area contributed by atoms with Crippen LogP contribution in [-0.2, 0) is 5.54 Å². The van der Waals surface area contributed by atoms with Gasteiger partial charge in [0.15, 0.2) is 5.82 Å². The highest BCUT2D eigenvalue weighted by Gasteiger charge is 2.43. The summed E-state index contributed by atoms with van der Waals surface area (Å²) in [6.07, 6.45) is 6.08. The van der Waals surface area contributed by atoms with Gasteiger partial charge in [-0.2, -0.15) is 4.68 Å². The fourth-order valence-electron chi connectivity index (χ4n) is 4.25. The van der Waals surface area contributed by atoms with Crippen molar-refractivity contribution < 1.29 is 0 Å². The van der Waals surface area contributed by atoms with Crippen LogP contribution in [-0.4, -0.2) is 38.2 Å². The van der Waals surface area contributed by atoms with Gasteiger partial charge in [0, 0.05) is 0 Å². The maximum atomic E-state index is 4.54. The number of benzene rings is 1. The Morgan fingerprint density at radius 1 is 1.08 bits per heavy atom. The first kappa shape index (κ1) is 17.1. The Morgan fingerprint density at radius 2 is 1.79 bits per heavy atom. The summed E-state index contributed by atoms with van der Waals surface area (Å²) in [5, 5.41) is 13.0. The Bertz CT molecular complexity index is 681. The fraction of sp³-hybridized carbons (Fsp3) is 0.632. The van der Waals surface area contributed by atoms with Gasteiger partial charge < -0.3 is 0 Å². The van der Waals surface area contributed by atoms with Gasteiger partial charge in [0.1, 0.15) is 0 Å². The molecule has 5 heteroatoms. The minimum Gasteiger partial charge on any atom is -0.291 e. The molecule has 0 bridgehead atoms. The first-order chi connectivity index (χ1) is 11.6. The zero-order chi connectivity index (χ0) is 17.2. The highest BCUT2D eigenvalue weighted by Crippen LogP contribution is 2.41. The predicted octanol–water partition coefficient (Wildman–Crippen LogP) is 3.78. The van der Waals surface area contributed by atoms with Crippen molar-refractivity contribution in [3.8, 4) is 5.69 Å². The standard InChI is InChI=1S/C19H29N5/c1-5-23(6-2)19(13-8-7-9-14-19)18-20-21-22-24(18)17-12-10-11-15(3)16(17)4/h10-12H,5-9,13-14H2,1-4H3. The third-order valence-corrected chi connectivity index (χ3v) is 5.74. The fourth-order valence-corrected chi connectivity index (χ4v) is 4.25. The zero-order valence-corrected chi connectivity index (χ0v) is 15.4. The van der Waals surface area contributed by atoms with Crippen molar-refractivity contribution in [3.05, 3.63) is 35.2 Å². The van der Waals surface area contributed by atoms with E-state index in [4.69, 9.17) is 0 Å². The molecule has 3 rings (SSSR count). The summed E-state index contributed by atoms with van der Waals surface area (Å²) >= 11 is 0. The molecule has 1 saturated carbocycles. The van der Waals surface area contributed by atoms with Gasteiger partial charge in [-0.3, -0.25) is 4.90 Å². The molecular formula is C19H29N5. The van der Waals surface area contributed by atoms with E-state index in [9.17, 15) is 0 Å². The smallest absolute Gasteiger partial charge is 0.176 e. The molecule has 1 aromatic carbocycles. The van der Waals surface area contributed by atoms with E-state index in [0.717, 1.165) is 37.4 Å². The van der Waals surface area contributed by atoms with Crippen molar-refractivity contribution in [2.45, 2.75) is 65.3 Å². The summed E-state index contributed by atoms with van der Waals surface area (Å²) in [4.78, 5) is 2.56. The first-order valence-corrected chi connectivity index (χ1v) is 9.24. The molecule has 0 atom stereocenters. The lowest BCUT2D eigenvalue weighted by molar-refractivity contribution is 0.0463. The number of tetrazole rings is 1. The van der Waals surface area contributed by atoms with Crippen LogP contribution >= 0.6 is 0 Å². The van der Waals surface area contributed by atoms with Crippen molar-refractivity contribution >= 4 is 0 Å². The van der Waals surface area contributed by atoms with Crippen molar-refractivity contribution in [2.24, 2.45) is 0 Å². The number of hydrogen-bond donors (Lipinski definition) is 0. The average Bonchev–Trinajstić information content (AvgIpc) is 3.09. The average molecular weight is 327 g/mol. The summed E-state index contributed by atoms with van der Waals surface area (Å²) in [6.45, 7) is 10.8. The molecule has 1 heterocycles. The molecule has 1 aliphatic carbocycles. The predicted molar refractivity (Wildman–Crippen MR) is 96.3 cm³/mol. The van der Waals surface area contributed by atoms with Crippen molar-refractivity contribution in [1.29, 1.82) is 0 Å². The molecule has 2 aromatic rings. The number of hydrogen-bond acceptors (Lipinski definition) is 4. The van der Waals surface area contributed by atoms with Gasteiger partial charge in [0.2, 0.25) is 0 Å². The molecule has 0 saturated heterocycles. The molecule has 24 heavy (non-hydrogen) atoms. The molecule has 0 radical (unpaired) electrons. The molecule has 1 fully saturated rings. The Hall–Kier alpha value is -1.75. The molecule has 0 aliphatic heterocycles. The Morgan fingerprint density at radius 3 is 2.46 bits per heavy atom. The maximum absolute atomic E-state index is 4.54. The van der Waals surface area contributed by atoms with Gasteiger partial charge in [-0.15, -0.1) is 5.10 Å². The van der Waals surface area contributed by atoms with E-state index in [2.05, 4.69) is 66.3 Å². The van der Waals surface area contributed by atoms with Crippen LogP contribution < -0.4 is 0 Å². The van der Waals surface area contributed by atoms with Crippen LogP contribution in [0.2, 0.25) is 0 Å². The van der Waals surface area contributed by atoms with E-state index in [1.165, 1.54) is 30.4 Å². The lowest BCUT2D eigenvalue weighted by Gasteiger charge is -2.44. The number of aromatic nitrogens is 4. The van der Waals surface area contributed by atoms with E-state index in [-0.39, 0.29) is 5.54 Å². The SMILES string of the molecule is CCN(CC)C1(c2nnnn2-c2cccc(C)c2C)CCCCC1. The van der Waals surface area contributed by atoms with E-state index in [0.29, 0.717) is 0 Å². The largest absolute Gasteiger partial charge is 0.291 e. The van der Waals surface area contributed by atoms with Crippen molar-refractivity contribution in [2.75, 3.05) is 13.1 Å². The molecule has 0 amide bonds. The second-order valence-corrected chi connectivity index (χ2v) is 6.90. The van der Waals surface area contributed by atoms with Gasteiger partial charge >= 0.3 is 0 Å². The second-order valence-electron chi connectivity index (χ2n) is 6.90. The monoisotopic (exact) mass is 327 g/mol. The molecule has 130 valence electrons. The summed E-state index contributed by atoms with van der Waals surface area (Å²) in [6, 6.07) is 6.36. The lowest BCUT2D eigenvalue weighted by Crippen LogP contribution is -2.49. The van der Waals surface area contributed by atoms with Crippen molar-refractivity contribution in [1.82, 2.24) is 25.1 Å². The second kappa shape index (κ2) is 7.01. The van der Waals surface area contributed by atoms with Crippen molar-refractivity contribution in [3.63, 3.8) is 0 Å². The zero-order valence-electron chi connectivity index (χ0n) is 15.4. The van der Waals surface area contributed by atoms with E-state index in [1.807, 2.05) is 4.68 Å². The summed E-state index contributed by atoms with van der Waals surface area (Å²) in [7, 11) is 0. The van der Waals surface area contributed by atoms with Crippen LogP contribution in [0.25, 0.3) is 5.69 Å². The molecular weight excluding hydrogens is 298 g/mol. The van der Waals surface area contributed by atoms with E-state index < -0.39 is 0 Å². The van der Waals surface area contributed by atoms with Crippen LogP contribution in [0.5, 0.6) is 0 Å². The quantitative estimate of drug-likeness (QED) is 0.838. The van der Waals surface area contributed by atoms with E-state index in [1.54, 1.807) is 0 Å². The number of rotatable bonds is 5. The molecule has 0 unspecified atom stereocenters. The first-order valence-electron chi connectivity index (χ1n) is 9.24. The Balaban J connectivity index is 2.14. The van der Waals surface area contributed by atoms with Crippen LogP contribution in [0.1, 0.15) is 62.9 Å². The van der Waals surface area contributed by atoms with Crippen LogP contribution in [0.3, 0.4) is 0 Å². The summed E-state index contributed by atoms with van der Waals surface area (Å²) < 4.78 is 1.99. The highest BCUT2D eigenvalue weighted by atomic mass is 15.6. The topological polar surface area (TPSA) is 46.8 Å². The highest BCUT2D eigenvalue weighted by molar-refractivity contribution is 5.44. The third-order valence-electron chi connectivity index (χ3n) is 5.74. The molecule has 0 N–H and O–H groups in total. The molecule has 1 aromatic heterocycles.